The molecule has 0 rings (SSSR count). The minimum Gasteiger partial charge on any atom is -0.506 e. The molecule has 9 heavy (non-hydrogen) atoms. The Kier molecular flexibility index (Phi) is 3.52. The molecule has 0 aliphatic carbocycles. The van der Waals surface area contributed by atoms with Crippen LogP contribution in [0.5, 0.6) is 0 Å². The van der Waals surface area contributed by atoms with Crippen LogP contribution in [0.4, 0.5) is 0 Å². The lowest BCUT2D eigenvalue weighted by atomic mass is 9.75. The highest BCUT2D eigenvalue weighted by Gasteiger charge is 2.05. The molecule has 0 aromatic carbocycles. The van der Waals surface area contributed by atoms with Crippen molar-refractivity contribution in [1.82, 2.24) is 0 Å². The molecule has 0 spiro atoms. The van der Waals surface area contributed by atoms with Gasteiger partial charge in [0, 0.05) is 0 Å². The van der Waals surface area contributed by atoms with Gasteiger partial charge in [0.25, 0.3) is 0 Å². The van der Waals surface area contributed by atoms with Crippen molar-refractivity contribution in [3.05, 3.63) is 12.3 Å². The fourth-order valence-corrected chi connectivity index (χ4v) is 0.340. The average Bonchev–Trinajstić information content (AvgIpc) is 1.63. The molecule has 0 amide bonds. The van der Waals surface area contributed by atoms with Gasteiger partial charge in [0.2, 0.25) is 0 Å². The number of ether oxygens (including phenoxy) is 1. The van der Waals surface area contributed by atoms with Gasteiger partial charge in [0.05, 0.1) is 19.6 Å². The second-order valence-electron chi connectivity index (χ2n) is 2.14. The smallest absolute Gasteiger partial charge is 0.126 e. The fourth-order valence-electron chi connectivity index (χ4n) is 0.340. The van der Waals surface area contributed by atoms with Crippen molar-refractivity contribution in [3.8, 4) is 0 Å². The normalized spacial score (nSPS) is 16.2. The molecule has 3 heteroatoms. The van der Waals surface area contributed by atoms with Gasteiger partial charge in [-0.1, -0.05) is 19.3 Å². The first kappa shape index (κ1) is 8.67. The van der Waals surface area contributed by atoms with Crippen LogP contribution in [0.3, 0.4) is 0 Å². The molecule has 0 fully saturated rings. The first-order chi connectivity index (χ1) is 4.04. The second kappa shape index (κ2) is 3.65. The predicted octanol–water partition coefficient (Wildman–Crippen LogP) is 1.01. The summed E-state index contributed by atoms with van der Waals surface area (Å²) in [5.41, 5.74) is 0. The van der Waals surface area contributed by atoms with E-state index in [1.807, 2.05) is 0 Å². The summed E-state index contributed by atoms with van der Waals surface area (Å²) < 4.78 is 4.97. The van der Waals surface area contributed by atoms with Crippen LogP contribution in [-0.4, -0.2) is 21.7 Å². The van der Waals surface area contributed by atoms with Crippen LogP contribution in [0, 0.1) is 0 Å². The maximum absolute atomic E-state index is 5.41. The summed E-state index contributed by atoms with van der Waals surface area (Å²) >= 11 is 0. The highest BCUT2D eigenvalue weighted by molar-refractivity contribution is 6.20. The summed E-state index contributed by atoms with van der Waals surface area (Å²) in [7, 11) is 10.8. The van der Waals surface area contributed by atoms with Gasteiger partial charge in [-0.05, 0) is 6.92 Å². The van der Waals surface area contributed by atoms with Crippen LogP contribution >= 0.6 is 0 Å². The van der Waals surface area contributed by atoms with Crippen molar-refractivity contribution in [2.45, 2.75) is 25.7 Å². The van der Waals surface area contributed by atoms with Crippen molar-refractivity contribution in [2.75, 3.05) is 0 Å². The maximum atomic E-state index is 5.41. The van der Waals surface area contributed by atoms with Crippen LogP contribution in [0.2, 0.25) is 5.82 Å². The molecular weight excluding hydrogens is 110 g/mol. The van der Waals surface area contributed by atoms with E-state index in [-0.39, 0.29) is 5.82 Å². The lowest BCUT2D eigenvalue weighted by Gasteiger charge is -2.18. The van der Waals surface area contributed by atoms with Gasteiger partial charge in [-0.25, -0.2) is 0 Å². The molecule has 2 atom stereocenters. The van der Waals surface area contributed by atoms with Crippen LogP contribution in [0.1, 0.15) is 13.8 Å². The van der Waals surface area contributed by atoms with Gasteiger partial charge >= 0.3 is 0 Å². The molecule has 0 N–H and O–H groups in total. The Balaban J connectivity index is 3.50. The third-order valence-electron chi connectivity index (χ3n) is 0.855. The van der Waals surface area contributed by atoms with E-state index in [9.17, 15) is 0 Å². The Labute approximate surface area is 59.3 Å². The summed E-state index contributed by atoms with van der Waals surface area (Å²) in [6, 6.07) is -0.428. The molecule has 0 aromatic heterocycles. The predicted molar refractivity (Wildman–Crippen MR) is 40.6 cm³/mol. The summed E-state index contributed by atoms with van der Waals surface area (Å²) in [6.07, 6.45) is 0. The summed E-state index contributed by atoms with van der Waals surface area (Å²) in [5, 5.41) is 0. The van der Waals surface area contributed by atoms with Gasteiger partial charge in [-0.3, -0.25) is 0 Å². The maximum Gasteiger partial charge on any atom is 0.126 e. The SMILES string of the molecule is [B]C(C)C([B])OC(=C)C. The minimum atomic E-state index is -0.428. The zero-order chi connectivity index (χ0) is 7.44. The first-order valence-corrected chi connectivity index (χ1v) is 2.87. The van der Waals surface area contributed by atoms with Crippen LogP contribution in [-0.2, 0) is 4.74 Å². The summed E-state index contributed by atoms with van der Waals surface area (Å²) in [4.78, 5) is 0. The van der Waals surface area contributed by atoms with Crippen molar-refractivity contribution in [1.29, 1.82) is 0 Å². The lowest BCUT2D eigenvalue weighted by Crippen LogP contribution is -2.16. The monoisotopic (exact) mass is 120 g/mol. The quantitative estimate of drug-likeness (QED) is 0.398. The van der Waals surface area contributed by atoms with Crippen molar-refractivity contribution >= 4 is 15.7 Å². The van der Waals surface area contributed by atoms with Gasteiger partial charge in [0.1, 0.15) is 7.85 Å². The van der Waals surface area contributed by atoms with Gasteiger partial charge < -0.3 is 4.74 Å². The van der Waals surface area contributed by atoms with E-state index in [1.54, 1.807) is 13.8 Å². The van der Waals surface area contributed by atoms with E-state index in [0.717, 1.165) is 0 Å². The number of hydrogen-bond donors (Lipinski definition) is 0. The standard InChI is InChI=1S/C6H10B2O/c1-4(2)9-6(8)5(3)7/h5-6H,1H2,2-3H3. The highest BCUT2D eigenvalue weighted by Crippen LogP contribution is 2.08. The van der Waals surface area contributed by atoms with E-state index < -0.39 is 6.00 Å². The highest BCUT2D eigenvalue weighted by atomic mass is 16.5. The zero-order valence-corrected chi connectivity index (χ0v) is 5.92. The molecule has 0 saturated heterocycles. The van der Waals surface area contributed by atoms with Crippen LogP contribution < -0.4 is 0 Å². The Bertz CT molecular complexity index is 101. The summed E-state index contributed by atoms with van der Waals surface area (Å²) in [6.45, 7) is 7.04. The Hall–Kier alpha value is -0.330. The number of hydrogen-bond acceptors (Lipinski definition) is 1. The second-order valence-corrected chi connectivity index (χ2v) is 2.14. The van der Waals surface area contributed by atoms with Crippen molar-refractivity contribution < 1.29 is 4.74 Å². The molecule has 0 aliphatic rings. The van der Waals surface area contributed by atoms with Gasteiger partial charge in [-0.2, -0.15) is 0 Å². The van der Waals surface area contributed by atoms with Gasteiger partial charge in [0.15, 0.2) is 0 Å². The molecular formula is C6H10B2O. The molecule has 0 saturated carbocycles. The average molecular weight is 120 g/mol. The molecule has 0 aromatic rings. The molecule has 46 valence electrons. The topological polar surface area (TPSA) is 9.23 Å². The first-order valence-electron chi connectivity index (χ1n) is 2.87. The Morgan fingerprint density at radius 1 is 1.56 bits per heavy atom. The van der Waals surface area contributed by atoms with E-state index >= 15 is 0 Å². The third-order valence-corrected chi connectivity index (χ3v) is 0.855. The van der Waals surface area contributed by atoms with E-state index in [2.05, 4.69) is 6.58 Å². The molecule has 2 unspecified atom stereocenters. The minimum absolute atomic E-state index is 0.151. The summed E-state index contributed by atoms with van der Waals surface area (Å²) in [5.74, 6) is 0.446. The molecule has 4 radical (unpaired) electrons. The Morgan fingerprint density at radius 2 is 2.00 bits per heavy atom. The van der Waals surface area contributed by atoms with Crippen LogP contribution in [0.15, 0.2) is 12.3 Å². The molecule has 1 nitrogen and oxygen atoms in total. The Morgan fingerprint density at radius 3 is 2.11 bits per heavy atom. The fraction of sp³-hybridized carbons (Fsp3) is 0.667. The van der Waals surface area contributed by atoms with E-state index in [0.29, 0.717) is 5.76 Å². The van der Waals surface area contributed by atoms with Gasteiger partial charge in [-0.15, -0.1) is 0 Å². The molecule has 0 aliphatic heterocycles. The number of rotatable bonds is 3. The zero-order valence-electron chi connectivity index (χ0n) is 5.92. The van der Waals surface area contributed by atoms with Crippen molar-refractivity contribution in [3.63, 3.8) is 0 Å². The van der Waals surface area contributed by atoms with Crippen LogP contribution in [0.25, 0.3) is 0 Å². The molecule has 0 bridgehead atoms. The van der Waals surface area contributed by atoms with E-state index in [4.69, 9.17) is 20.4 Å². The van der Waals surface area contributed by atoms with E-state index in [1.165, 1.54) is 0 Å². The third kappa shape index (κ3) is 4.19. The lowest BCUT2D eigenvalue weighted by molar-refractivity contribution is 0.181. The van der Waals surface area contributed by atoms with Crippen molar-refractivity contribution in [2.24, 2.45) is 0 Å². The largest absolute Gasteiger partial charge is 0.506 e. The molecule has 0 heterocycles. The number of allylic oxidation sites excluding steroid dienone is 1.